The second-order valence-corrected chi connectivity index (χ2v) is 10.0. The SMILES string of the molecule is CC(C)CC(=O)Cn1nc(-c2ccc(CCN3CCCCC3)cc2)cc1-c1cccc(Cl)c1. The highest BCUT2D eigenvalue weighted by molar-refractivity contribution is 6.30. The van der Waals surface area contributed by atoms with Gasteiger partial charge < -0.3 is 4.90 Å². The third-order valence-corrected chi connectivity index (χ3v) is 6.51. The van der Waals surface area contributed by atoms with E-state index in [9.17, 15) is 4.79 Å². The summed E-state index contributed by atoms with van der Waals surface area (Å²) < 4.78 is 1.83. The molecule has 4 rings (SSSR count). The first-order valence-electron chi connectivity index (χ1n) is 12.1. The summed E-state index contributed by atoms with van der Waals surface area (Å²) in [6, 6.07) is 18.5. The molecule has 0 atom stereocenters. The van der Waals surface area contributed by atoms with Crippen molar-refractivity contribution in [3.05, 3.63) is 65.2 Å². The maximum absolute atomic E-state index is 12.6. The van der Waals surface area contributed by atoms with Gasteiger partial charge in [0, 0.05) is 29.1 Å². The number of hydrogen-bond donors (Lipinski definition) is 0. The van der Waals surface area contributed by atoms with E-state index >= 15 is 0 Å². The van der Waals surface area contributed by atoms with Gasteiger partial charge >= 0.3 is 0 Å². The summed E-state index contributed by atoms with van der Waals surface area (Å²) in [6.45, 7) is 8.00. The number of carbonyl (C=O) groups excluding carboxylic acids is 1. The molecule has 2 heterocycles. The summed E-state index contributed by atoms with van der Waals surface area (Å²) in [6.07, 6.45) is 5.66. The van der Waals surface area contributed by atoms with Crippen LogP contribution >= 0.6 is 11.6 Å². The number of halogens is 1. The van der Waals surface area contributed by atoms with Gasteiger partial charge in [-0.3, -0.25) is 9.48 Å². The van der Waals surface area contributed by atoms with E-state index in [1.807, 2.05) is 28.9 Å². The first-order valence-corrected chi connectivity index (χ1v) is 12.5. The van der Waals surface area contributed by atoms with Gasteiger partial charge in [-0.2, -0.15) is 5.10 Å². The number of ketones is 1. The number of aromatic nitrogens is 2. The summed E-state index contributed by atoms with van der Waals surface area (Å²) in [5.41, 5.74) is 5.18. The summed E-state index contributed by atoms with van der Waals surface area (Å²) in [5, 5.41) is 5.50. The van der Waals surface area contributed by atoms with Crippen molar-refractivity contribution in [2.24, 2.45) is 5.92 Å². The number of benzene rings is 2. The van der Waals surface area contributed by atoms with Crippen LogP contribution in [0.5, 0.6) is 0 Å². The first-order chi connectivity index (χ1) is 16.0. The lowest BCUT2D eigenvalue weighted by Crippen LogP contribution is -2.31. The van der Waals surface area contributed by atoms with Crippen molar-refractivity contribution in [3.8, 4) is 22.5 Å². The molecule has 1 saturated heterocycles. The maximum Gasteiger partial charge on any atom is 0.154 e. The standard InChI is InChI=1S/C28H34ClN3O/c1-21(2)17-26(33)20-32-28(24-7-6-8-25(29)18-24)19-27(30-32)23-11-9-22(10-12-23)13-16-31-14-4-3-5-15-31/h6-12,18-19,21H,3-5,13-17,20H2,1-2H3. The molecule has 33 heavy (non-hydrogen) atoms. The molecule has 0 bridgehead atoms. The van der Waals surface area contributed by atoms with Gasteiger partial charge in [0.25, 0.3) is 0 Å². The Morgan fingerprint density at radius 1 is 1.00 bits per heavy atom. The van der Waals surface area contributed by atoms with E-state index in [0.717, 1.165) is 35.5 Å². The lowest BCUT2D eigenvalue weighted by molar-refractivity contribution is -0.120. The Kier molecular flexibility index (Phi) is 8.00. The molecule has 0 unspecified atom stereocenters. The van der Waals surface area contributed by atoms with Crippen LogP contribution in [0.15, 0.2) is 54.6 Å². The minimum Gasteiger partial charge on any atom is -0.303 e. The molecule has 0 saturated carbocycles. The Labute approximate surface area is 202 Å². The fraction of sp³-hybridized carbons (Fsp3) is 0.429. The molecule has 3 aromatic rings. The smallest absolute Gasteiger partial charge is 0.154 e. The van der Waals surface area contributed by atoms with Crippen LogP contribution in [0.4, 0.5) is 0 Å². The number of hydrogen-bond acceptors (Lipinski definition) is 3. The monoisotopic (exact) mass is 463 g/mol. The minimum atomic E-state index is 0.191. The van der Waals surface area contributed by atoms with Crippen LogP contribution in [0.1, 0.15) is 45.1 Å². The molecule has 0 spiro atoms. The van der Waals surface area contributed by atoms with E-state index in [1.54, 1.807) is 0 Å². The van der Waals surface area contributed by atoms with Gasteiger partial charge in [0.1, 0.15) is 6.54 Å². The Morgan fingerprint density at radius 2 is 1.76 bits per heavy atom. The zero-order chi connectivity index (χ0) is 23.2. The predicted molar refractivity (Wildman–Crippen MR) is 137 cm³/mol. The van der Waals surface area contributed by atoms with E-state index in [1.165, 1.54) is 37.9 Å². The van der Waals surface area contributed by atoms with Crippen LogP contribution in [0.3, 0.4) is 0 Å². The normalized spacial score (nSPS) is 14.7. The summed E-state index contributed by atoms with van der Waals surface area (Å²) >= 11 is 6.25. The van der Waals surface area contributed by atoms with Gasteiger partial charge in [0.15, 0.2) is 5.78 Å². The quantitative estimate of drug-likeness (QED) is 0.362. The van der Waals surface area contributed by atoms with Crippen molar-refractivity contribution < 1.29 is 4.79 Å². The maximum atomic E-state index is 12.6. The molecule has 1 aliphatic rings. The highest BCUT2D eigenvalue weighted by Crippen LogP contribution is 2.28. The highest BCUT2D eigenvalue weighted by atomic mass is 35.5. The number of piperidine rings is 1. The average Bonchev–Trinajstić information content (AvgIpc) is 3.22. The Morgan fingerprint density at radius 3 is 2.45 bits per heavy atom. The van der Waals surface area contributed by atoms with Gasteiger partial charge in [0.2, 0.25) is 0 Å². The summed E-state index contributed by atoms with van der Waals surface area (Å²) in [4.78, 5) is 15.1. The molecular weight excluding hydrogens is 430 g/mol. The Hall–Kier alpha value is -2.43. The van der Waals surface area contributed by atoms with Crippen LogP contribution in [0.25, 0.3) is 22.5 Å². The molecule has 4 nitrogen and oxygen atoms in total. The van der Waals surface area contributed by atoms with Crippen molar-refractivity contribution >= 4 is 17.4 Å². The van der Waals surface area contributed by atoms with E-state index in [-0.39, 0.29) is 12.3 Å². The largest absolute Gasteiger partial charge is 0.303 e. The molecule has 0 amide bonds. The van der Waals surface area contributed by atoms with Crippen molar-refractivity contribution in [3.63, 3.8) is 0 Å². The molecule has 1 fully saturated rings. The van der Waals surface area contributed by atoms with Crippen LogP contribution in [-0.4, -0.2) is 40.1 Å². The summed E-state index contributed by atoms with van der Waals surface area (Å²) in [5.74, 6) is 0.524. The van der Waals surface area contributed by atoms with Gasteiger partial charge in [-0.1, -0.05) is 68.3 Å². The van der Waals surface area contributed by atoms with Crippen LogP contribution < -0.4 is 0 Å². The van der Waals surface area contributed by atoms with Crippen molar-refractivity contribution in [1.82, 2.24) is 14.7 Å². The third-order valence-electron chi connectivity index (χ3n) is 6.28. The third kappa shape index (κ3) is 6.55. The number of rotatable bonds is 9. The zero-order valence-electron chi connectivity index (χ0n) is 19.8. The lowest BCUT2D eigenvalue weighted by Gasteiger charge is -2.26. The van der Waals surface area contributed by atoms with Crippen LogP contribution in [-0.2, 0) is 17.8 Å². The van der Waals surface area contributed by atoms with E-state index < -0.39 is 0 Å². The molecule has 2 aromatic carbocycles. The van der Waals surface area contributed by atoms with E-state index in [2.05, 4.69) is 49.1 Å². The number of carbonyl (C=O) groups is 1. The first kappa shape index (κ1) is 23.7. The van der Waals surface area contributed by atoms with Crippen LogP contribution in [0, 0.1) is 5.92 Å². The molecule has 1 aliphatic heterocycles. The van der Waals surface area contributed by atoms with E-state index in [4.69, 9.17) is 16.7 Å². The topological polar surface area (TPSA) is 38.1 Å². The number of likely N-dealkylation sites (tertiary alicyclic amines) is 1. The molecule has 0 aliphatic carbocycles. The highest BCUT2D eigenvalue weighted by Gasteiger charge is 2.16. The predicted octanol–water partition coefficient (Wildman–Crippen LogP) is 6.51. The molecule has 0 radical (unpaired) electrons. The Balaban J connectivity index is 1.54. The second kappa shape index (κ2) is 11.1. The van der Waals surface area contributed by atoms with Crippen LogP contribution in [0.2, 0.25) is 5.02 Å². The fourth-order valence-electron chi connectivity index (χ4n) is 4.56. The summed E-state index contributed by atoms with van der Waals surface area (Å²) in [7, 11) is 0. The zero-order valence-corrected chi connectivity index (χ0v) is 20.5. The van der Waals surface area contributed by atoms with Crippen molar-refractivity contribution in [1.29, 1.82) is 0 Å². The van der Waals surface area contributed by atoms with Gasteiger partial charge in [0.05, 0.1) is 11.4 Å². The molecule has 5 heteroatoms. The fourth-order valence-corrected chi connectivity index (χ4v) is 4.75. The molecule has 1 aromatic heterocycles. The Bertz CT molecular complexity index is 1070. The van der Waals surface area contributed by atoms with Crippen molar-refractivity contribution in [2.45, 2.75) is 52.5 Å². The van der Waals surface area contributed by atoms with E-state index in [0.29, 0.717) is 17.4 Å². The molecular formula is C28H34ClN3O. The lowest BCUT2D eigenvalue weighted by atomic mass is 10.0. The number of Topliss-reactive ketones (excluding diaryl/α,β-unsaturated/α-hetero) is 1. The minimum absolute atomic E-state index is 0.191. The number of nitrogens with zero attached hydrogens (tertiary/aromatic N) is 3. The van der Waals surface area contributed by atoms with Gasteiger partial charge in [-0.05, 0) is 62.0 Å². The molecule has 174 valence electrons. The second-order valence-electron chi connectivity index (χ2n) is 9.57. The van der Waals surface area contributed by atoms with Crippen molar-refractivity contribution in [2.75, 3.05) is 19.6 Å². The van der Waals surface area contributed by atoms with Gasteiger partial charge in [-0.25, -0.2) is 0 Å². The average molecular weight is 464 g/mol. The molecule has 0 N–H and O–H groups in total. The van der Waals surface area contributed by atoms with Gasteiger partial charge in [-0.15, -0.1) is 0 Å².